The lowest BCUT2D eigenvalue weighted by Gasteiger charge is -2.29. The normalized spacial score (nSPS) is 19.8. The topological polar surface area (TPSA) is 122 Å². The summed E-state index contributed by atoms with van der Waals surface area (Å²) >= 11 is 0. The Kier molecular flexibility index (Phi) is 8.21. The molecule has 232 valence electrons. The van der Waals surface area contributed by atoms with Crippen LogP contribution >= 0.6 is 0 Å². The highest BCUT2D eigenvalue weighted by molar-refractivity contribution is 7.84. The second-order valence-corrected chi connectivity index (χ2v) is 12.9. The maximum absolute atomic E-state index is 13.2. The van der Waals surface area contributed by atoms with Crippen LogP contribution in [-0.2, 0) is 40.0 Å². The van der Waals surface area contributed by atoms with E-state index in [1.54, 1.807) is 16.8 Å². The Morgan fingerprint density at radius 1 is 0.977 bits per heavy atom. The van der Waals surface area contributed by atoms with E-state index in [2.05, 4.69) is 10.3 Å². The molecule has 2 aliphatic rings. The number of hydrogen-bond acceptors (Lipinski definition) is 9. The molecule has 11 nitrogen and oxygen atoms in total. The van der Waals surface area contributed by atoms with Crippen LogP contribution in [0.1, 0.15) is 65.0 Å². The number of carbonyl (C=O) groups excluding carboxylic acids is 1. The van der Waals surface area contributed by atoms with E-state index in [9.17, 15) is 13.2 Å². The Balaban J connectivity index is 1.48. The lowest BCUT2D eigenvalue weighted by molar-refractivity contribution is -0.140. The van der Waals surface area contributed by atoms with Gasteiger partial charge in [-0.25, -0.2) is 4.68 Å². The van der Waals surface area contributed by atoms with Crippen molar-refractivity contribution in [2.75, 3.05) is 20.3 Å². The molecule has 4 aromatic rings. The van der Waals surface area contributed by atoms with Crippen molar-refractivity contribution < 1.29 is 31.6 Å². The monoisotopic (exact) mass is 620 g/mol. The molecule has 0 spiro atoms. The van der Waals surface area contributed by atoms with Gasteiger partial charge in [0.05, 0.1) is 26.7 Å². The largest absolute Gasteiger partial charge is 0.494 e. The Labute approximate surface area is 256 Å². The van der Waals surface area contributed by atoms with Gasteiger partial charge in [0, 0.05) is 31.6 Å². The molecular weight excluding hydrogens is 584 g/mol. The summed E-state index contributed by atoms with van der Waals surface area (Å²) in [6, 6.07) is 13.1. The van der Waals surface area contributed by atoms with E-state index >= 15 is 0 Å². The van der Waals surface area contributed by atoms with E-state index in [0.29, 0.717) is 36.0 Å². The average molecular weight is 621 g/mol. The van der Waals surface area contributed by atoms with Crippen molar-refractivity contribution in [2.24, 2.45) is 7.05 Å². The predicted octanol–water partition coefficient (Wildman–Crippen LogP) is 4.86. The van der Waals surface area contributed by atoms with Crippen LogP contribution in [0.4, 0.5) is 0 Å². The number of fused-ring (bicyclic) bond motifs is 8. The highest BCUT2D eigenvalue weighted by atomic mass is 32.2. The Bertz CT molecular complexity index is 1840. The molecule has 0 fully saturated rings. The van der Waals surface area contributed by atoms with Gasteiger partial charge < -0.3 is 18.4 Å². The van der Waals surface area contributed by atoms with Gasteiger partial charge in [0.1, 0.15) is 28.3 Å². The van der Waals surface area contributed by atoms with Crippen LogP contribution in [0.2, 0.25) is 0 Å². The molecule has 12 heteroatoms. The van der Waals surface area contributed by atoms with Crippen molar-refractivity contribution in [1.82, 2.24) is 19.3 Å². The highest BCUT2D eigenvalue weighted by Crippen LogP contribution is 2.39. The quantitative estimate of drug-likeness (QED) is 0.289. The summed E-state index contributed by atoms with van der Waals surface area (Å²) in [5.74, 6) is 0.844. The second-order valence-electron chi connectivity index (χ2n) is 11.4. The molecule has 0 amide bonds. The molecular formula is C32H36N4O7S. The molecule has 7 bridgehead atoms. The molecule has 6 rings (SSSR count). The van der Waals surface area contributed by atoms with Gasteiger partial charge >= 0.3 is 16.3 Å². The number of ether oxygens (including phenoxy) is 3. The summed E-state index contributed by atoms with van der Waals surface area (Å²) in [5.41, 5.74) is 6.52. The molecule has 0 saturated heterocycles. The number of esters is 1. The van der Waals surface area contributed by atoms with E-state index in [1.165, 1.54) is 11.4 Å². The third kappa shape index (κ3) is 5.83. The highest BCUT2D eigenvalue weighted by Gasteiger charge is 2.33. The van der Waals surface area contributed by atoms with Crippen LogP contribution in [0.25, 0.3) is 11.0 Å². The Morgan fingerprint density at radius 2 is 1.75 bits per heavy atom. The molecule has 2 aliphatic heterocycles. The number of benzene rings is 3. The lowest BCUT2D eigenvalue weighted by Crippen LogP contribution is -2.37. The molecule has 1 aromatic heterocycles. The maximum atomic E-state index is 13.2. The first-order chi connectivity index (χ1) is 21.1. The third-order valence-electron chi connectivity index (χ3n) is 8.44. The molecule has 0 radical (unpaired) electrons. The minimum absolute atomic E-state index is 0.0757. The molecule has 0 saturated carbocycles. The van der Waals surface area contributed by atoms with Gasteiger partial charge in [-0.3, -0.25) is 4.79 Å². The second kappa shape index (κ2) is 12.1. The first kappa shape index (κ1) is 29.9. The zero-order valence-electron chi connectivity index (χ0n) is 25.3. The summed E-state index contributed by atoms with van der Waals surface area (Å²) in [6.45, 7) is 5.17. The van der Waals surface area contributed by atoms with E-state index in [1.807, 2.05) is 51.2 Å². The van der Waals surface area contributed by atoms with Gasteiger partial charge in [-0.15, -0.1) is 5.10 Å². The summed E-state index contributed by atoms with van der Waals surface area (Å²) in [7, 11) is -0.837. The van der Waals surface area contributed by atoms with Crippen molar-refractivity contribution in [3.8, 4) is 17.2 Å². The fourth-order valence-electron chi connectivity index (χ4n) is 5.91. The fourth-order valence-corrected chi connectivity index (χ4v) is 7.00. The number of nitrogens with zero attached hydrogens (tertiary/aromatic N) is 4. The molecule has 3 heterocycles. The van der Waals surface area contributed by atoms with Crippen molar-refractivity contribution in [3.63, 3.8) is 0 Å². The summed E-state index contributed by atoms with van der Waals surface area (Å²) in [4.78, 5) is 12.8. The minimum atomic E-state index is -4.04. The molecule has 44 heavy (non-hydrogen) atoms. The SMILES string of the molecule is COC(=O)CC1c2ccc(C)c(c2)CN2Cc3cc(ccc3OS2(=O)=O)OCCCCCOc2cc1c(C)c1nnn(C)c21. The van der Waals surface area contributed by atoms with Crippen LogP contribution in [0.5, 0.6) is 17.2 Å². The number of hydrogen-bond donors (Lipinski definition) is 0. The van der Waals surface area contributed by atoms with Gasteiger partial charge in [-0.1, -0.05) is 23.4 Å². The van der Waals surface area contributed by atoms with Gasteiger partial charge in [-0.05, 0) is 85.2 Å². The van der Waals surface area contributed by atoms with Crippen LogP contribution in [-0.4, -0.2) is 54.0 Å². The summed E-state index contributed by atoms with van der Waals surface area (Å²) < 4.78 is 52.4. The van der Waals surface area contributed by atoms with E-state index in [4.69, 9.17) is 18.4 Å². The number of methoxy groups -OCH3 is 1. The molecule has 2 unspecified atom stereocenters. The maximum Gasteiger partial charge on any atom is 0.385 e. The van der Waals surface area contributed by atoms with Crippen LogP contribution in [0.15, 0.2) is 42.5 Å². The Hall–Kier alpha value is -4.16. The van der Waals surface area contributed by atoms with E-state index in [-0.39, 0.29) is 25.5 Å². The number of rotatable bonds is 2. The minimum Gasteiger partial charge on any atom is -0.494 e. The summed E-state index contributed by atoms with van der Waals surface area (Å²) in [6.07, 6.45) is 2.61. The predicted molar refractivity (Wildman–Crippen MR) is 163 cm³/mol. The van der Waals surface area contributed by atoms with Crippen LogP contribution < -0.4 is 13.7 Å². The number of aryl methyl sites for hydroxylation is 3. The first-order valence-electron chi connectivity index (χ1n) is 14.7. The zero-order valence-corrected chi connectivity index (χ0v) is 26.1. The molecule has 3 aromatic carbocycles. The van der Waals surface area contributed by atoms with E-state index in [0.717, 1.165) is 58.2 Å². The first-order valence-corrected chi connectivity index (χ1v) is 16.1. The van der Waals surface area contributed by atoms with Gasteiger partial charge in [-0.2, -0.15) is 12.7 Å². The molecule has 0 aliphatic carbocycles. The van der Waals surface area contributed by atoms with Gasteiger partial charge in [0.25, 0.3) is 0 Å². The van der Waals surface area contributed by atoms with Gasteiger partial charge in [0.2, 0.25) is 0 Å². The van der Waals surface area contributed by atoms with Crippen molar-refractivity contribution in [2.45, 2.75) is 58.5 Å². The van der Waals surface area contributed by atoms with Crippen molar-refractivity contribution >= 4 is 27.3 Å². The smallest absolute Gasteiger partial charge is 0.385 e. The average Bonchev–Trinajstić information content (AvgIpc) is 3.39. The van der Waals surface area contributed by atoms with Gasteiger partial charge in [0.15, 0.2) is 0 Å². The van der Waals surface area contributed by atoms with Crippen molar-refractivity contribution in [1.29, 1.82) is 0 Å². The fraction of sp³-hybridized carbons (Fsp3) is 0.406. The number of aromatic nitrogens is 3. The van der Waals surface area contributed by atoms with E-state index < -0.39 is 16.2 Å². The standard InChI is InChI=1S/C32H36N4O7S/c1-20-8-9-22-14-23(20)18-36-19-24-15-25(10-11-28(24)43-44(36,38)39)41-12-6-5-7-13-42-29-16-26(27(22)17-30(37)40-4)21(2)31-32(29)35(3)34-33-31/h8-11,14-16,27H,5-7,12-13,17-19H2,1-4H3. The summed E-state index contributed by atoms with van der Waals surface area (Å²) in [5, 5.41) is 8.70. The number of carbonyl (C=O) groups is 1. The van der Waals surface area contributed by atoms with Crippen LogP contribution in [0.3, 0.4) is 0 Å². The molecule has 2 atom stereocenters. The third-order valence-corrected chi connectivity index (χ3v) is 9.72. The lowest BCUT2D eigenvalue weighted by atomic mass is 9.84. The van der Waals surface area contributed by atoms with Crippen molar-refractivity contribution in [3.05, 3.63) is 75.8 Å². The molecule has 0 N–H and O–H groups in total. The van der Waals surface area contributed by atoms with Crippen LogP contribution in [0, 0.1) is 13.8 Å². The Morgan fingerprint density at radius 3 is 2.55 bits per heavy atom. The zero-order chi connectivity index (χ0) is 31.0.